The van der Waals surface area contributed by atoms with Gasteiger partial charge in [0.2, 0.25) is 6.54 Å². The predicted octanol–water partition coefficient (Wildman–Crippen LogP) is -1.61. The number of nitrogens with one attached hydrogen (secondary N) is 1. The predicted molar refractivity (Wildman–Crippen MR) is 133 cm³/mol. The molecule has 2 aromatic rings. The van der Waals surface area contributed by atoms with Gasteiger partial charge >= 0.3 is 0 Å². The van der Waals surface area contributed by atoms with Crippen molar-refractivity contribution in [2.24, 2.45) is 10.9 Å². The Morgan fingerprint density at radius 1 is 1.38 bits per heavy atom. The number of nitrogens with two attached hydrogens (primary N) is 2. The first-order valence-electron chi connectivity index (χ1n) is 10.5. The van der Waals surface area contributed by atoms with Crippen LogP contribution >= 0.6 is 34.9 Å². The second-order valence-electron chi connectivity index (χ2n) is 7.64. The van der Waals surface area contributed by atoms with Crippen molar-refractivity contribution in [3.8, 4) is 0 Å². The number of primary amides is 1. The molecule has 4 rings (SSSR count). The first kappa shape index (κ1) is 26.2. The smallest absolute Gasteiger partial charge is 0.283 e. The lowest BCUT2D eigenvalue weighted by Crippen LogP contribution is -2.73. The number of hydrogen-bond donors (Lipinski definition) is 4. The van der Waals surface area contributed by atoms with Crippen molar-refractivity contribution in [3.05, 3.63) is 57.7 Å². The van der Waals surface area contributed by atoms with Crippen LogP contribution in [-0.4, -0.2) is 62.3 Å². The molecule has 0 saturated carbocycles. The van der Waals surface area contributed by atoms with Gasteiger partial charge in [-0.1, -0.05) is 28.3 Å². The van der Waals surface area contributed by atoms with E-state index in [0.29, 0.717) is 10.7 Å². The molecule has 2 atom stereocenters. The highest BCUT2D eigenvalue weighted by atomic mass is 32.2. The van der Waals surface area contributed by atoms with Gasteiger partial charge in [-0.05, 0) is 11.5 Å². The summed E-state index contributed by atoms with van der Waals surface area (Å²) in [4.78, 5) is 54.6. The molecule has 1 saturated heterocycles. The molecule has 0 aliphatic carbocycles. The van der Waals surface area contributed by atoms with Crippen molar-refractivity contribution in [1.29, 1.82) is 0 Å². The number of aromatic nitrogens is 2. The highest BCUT2D eigenvalue weighted by Crippen LogP contribution is 2.39. The van der Waals surface area contributed by atoms with Crippen LogP contribution in [0.4, 0.5) is 5.13 Å². The molecular weight excluding hydrogens is 542 g/mol. The third kappa shape index (κ3) is 5.60. The molecule has 0 spiro atoms. The zero-order valence-corrected chi connectivity index (χ0v) is 21.2. The van der Waals surface area contributed by atoms with E-state index in [1.807, 2.05) is 0 Å². The number of thiazole rings is 1. The zero-order chi connectivity index (χ0) is 26.7. The summed E-state index contributed by atoms with van der Waals surface area (Å²) in [5, 5.41) is 28.5. The van der Waals surface area contributed by atoms with Gasteiger partial charge in [-0.2, -0.15) is 4.57 Å². The van der Waals surface area contributed by atoms with Crippen LogP contribution in [0.1, 0.15) is 4.88 Å². The number of nitrogen functional groups attached to an aromatic ring is 1. The summed E-state index contributed by atoms with van der Waals surface area (Å²) >= 11 is 3.45. The number of fused-ring (bicyclic) bond motifs is 1. The van der Waals surface area contributed by atoms with Gasteiger partial charge < -0.3 is 36.8 Å². The molecule has 6 N–H and O–H groups in total. The quantitative estimate of drug-likeness (QED) is 0.0687. The Kier molecular flexibility index (Phi) is 7.80. The van der Waals surface area contributed by atoms with Crippen LogP contribution in [0.5, 0.6) is 0 Å². The van der Waals surface area contributed by atoms with Gasteiger partial charge in [-0.25, -0.2) is 4.98 Å². The summed E-state index contributed by atoms with van der Waals surface area (Å²) in [7, 11) is 0. The van der Waals surface area contributed by atoms with Crippen LogP contribution in [0.2, 0.25) is 0 Å². The molecular formula is C21H19N7O6S3. The van der Waals surface area contributed by atoms with E-state index in [1.165, 1.54) is 29.7 Å². The second-order valence-corrected chi connectivity index (χ2v) is 10.7. The van der Waals surface area contributed by atoms with Crippen molar-refractivity contribution in [3.63, 3.8) is 0 Å². The number of amides is 3. The number of oxime groups is 1. The number of carbonyl (C=O) groups excluding carboxylic acids is 4. The molecule has 13 nitrogen and oxygen atoms in total. The molecule has 2 aliphatic heterocycles. The maximum atomic E-state index is 12.8. The number of carboxylic acids is 1. The average Bonchev–Trinajstić information content (AvgIpc) is 3.28. The van der Waals surface area contributed by atoms with E-state index in [9.17, 15) is 29.5 Å². The monoisotopic (exact) mass is 561 g/mol. The molecule has 0 bridgehead atoms. The number of hydrogen-bond acceptors (Lipinski definition) is 12. The van der Waals surface area contributed by atoms with E-state index >= 15 is 0 Å². The maximum absolute atomic E-state index is 12.8. The molecule has 37 heavy (non-hydrogen) atoms. The fraction of sp³-hybridized carbons (Fsp3) is 0.190. The van der Waals surface area contributed by atoms with Crippen LogP contribution in [0.25, 0.3) is 0 Å². The summed E-state index contributed by atoms with van der Waals surface area (Å²) < 4.78 is 1.62. The number of anilines is 1. The molecule has 2 aliphatic rings. The van der Waals surface area contributed by atoms with Crippen LogP contribution in [0, 0.1) is 0 Å². The number of rotatable bonds is 9. The molecule has 0 aromatic carbocycles. The Labute approximate surface area is 221 Å². The van der Waals surface area contributed by atoms with Gasteiger partial charge in [0, 0.05) is 33.9 Å². The molecule has 4 heterocycles. The Balaban J connectivity index is 1.44. The lowest BCUT2D eigenvalue weighted by molar-refractivity contribution is -0.684. The second kappa shape index (κ2) is 11.0. The Morgan fingerprint density at radius 3 is 2.70 bits per heavy atom. The lowest BCUT2D eigenvalue weighted by atomic mass is 9.94. The van der Waals surface area contributed by atoms with E-state index in [1.54, 1.807) is 40.6 Å². The van der Waals surface area contributed by atoms with E-state index in [4.69, 9.17) is 11.5 Å². The van der Waals surface area contributed by atoms with Crippen molar-refractivity contribution in [1.82, 2.24) is 15.2 Å². The summed E-state index contributed by atoms with van der Waals surface area (Å²) in [6.45, 7) is 0.0553. The summed E-state index contributed by atoms with van der Waals surface area (Å²) in [5.41, 5.74) is 10.1. The number of carbonyl (C=O) groups is 4. The van der Waals surface area contributed by atoms with Crippen molar-refractivity contribution in [2.45, 2.75) is 23.5 Å². The van der Waals surface area contributed by atoms with E-state index in [-0.39, 0.29) is 28.0 Å². The van der Waals surface area contributed by atoms with Gasteiger partial charge in [-0.3, -0.25) is 14.4 Å². The molecule has 192 valence electrons. The molecule has 0 unspecified atom stereocenters. The number of pyridine rings is 1. The highest BCUT2D eigenvalue weighted by Gasteiger charge is 2.52. The Hall–Kier alpha value is -3.89. The molecule has 3 amide bonds. The number of thioether (sulfide) groups is 2. The van der Waals surface area contributed by atoms with E-state index < -0.39 is 35.8 Å². The van der Waals surface area contributed by atoms with Gasteiger partial charge in [-0.15, -0.1) is 11.8 Å². The van der Waals surface area contributed by atoms with E-state index in [0.717, 1.165) is 21.1 Å². The maximum Gasteiger partial charge on any atom is 0.283 e. The lowest BCUT2D eigenvalue weighted by Gasteiger charge is -2.50. The zero-order valence-electron chi connectivity index (χ0n) is 18.8. The first-order chi connectivity index (χ1) is 17.7. The topological polar surface area (TPSA) is 208 Å². The summed E-state index contributed by atoms with van der Waals surface area (Å²) in [6.07, 6.45) is 6.22. The normalized spacial score (nSPS) is 19.5. The largest absolute Gasteiger partial charge is 0.543 e. The summed E-state index contributed by atoms with van der Waals surface area (Å²) in [5.74, 6) is -3.12. The van der Waals surface area contributed by atoms with Gasteiger partial charge in [0.05, 0.1) is 22.6 Å². The molecule has 1 fully saturated rings. The van der Waals surface area contributed by atoms with Crippen LogP contribution in [0.15, 0.2) is 62.9 Å². The van der Waals surface area contributed by atoms with E-state index in [2.05, 4.69) is 15.5 Å². The van der Waals surface area contributed by atoms with Gasteiger partial charge in [0.15, 0.2) is 23.2 Å². The minimum absolute atomic E-state index is 0.0553. The Bertz CT molecular complexity index is 1350. The summed E-state index contributed by atoms with van der Waals surface area (Å²) in [6, 6.07) is 1.91. The van der Waals surface area contributed by atoms with Gasteiger partial charge in [0.25, 0.3) is 17.7 Å². The van der Waals surface area contributed by atoms with Crippen LogP contribution in [0.3, 0.4) is 0 Å². The first-order valence-corrected chi connectivity index (χ1v) is 13.1. The van der Waals surface area contributed by atoms with Crippen LogP contribution in [-0.2, 0) is 25.7 Å². The number of carboxylic acid groups (broad SMARTS) is 1. The van der Waals surface area contributed by atoms with Crippen molar-refractivity contribution < 1.29 is 34.1 Å². The third-order valence-electron chi connectivity index (χ3n) is 5.28. The fourth-order valence-corrected chi connectivity index (χ4v) is 6.20. The van der Waals surface area contributed by atoms with Crippen LogP contribution < -0.4 is 26.5 Å². The standard InChI is InChI=1S/C21H19N7O6S3/c22-14(29)8-27-4-1-10(2-5-27)35-6-3-12-17(20(32)33)28-11(9-36-12)15(19(28)31)25-18(30)16(26-34)13-7-24-21(23)37-13/h1-7,11,15H,8-9H2,(H6-,22,23,24,25,26,29,30,32,33,34)/b6-3+/t11-,15+/m1/s1. The minimum Gasteiger partial charge on any atom is -0.543 e. The molecule has 16 heteroatoms. The number of β-lactam (4-membered cyclic amide) rings is 1. The minimum atomic E-state index is -1.52. The van der Waals surface area contributed by atoms with Crippen molar-refractivity contribution >= 4 is 69.4 Å². The Morgan fingerprint density at radius 2 is 2.11 bits per heavy atom. The van der Waals surface area contributed by atoms with Crippen molar-refractivity contribution in [2.75, 3.05) is 11.5 Å². The number of aliphatic carboxylic acids is 1. The molecule has 2 aromatic heterocycles. The molecule has 0 radical (unpaired) electrons. The van der Waals surface area contributed by atoms with Gasteiger partial charge in [0.1, 0.15) is 6.04 Å². The number of nitrogens with zero attached hydrogens (tertiary/aromatic N) is 4. The number of allylic oxidation sites excluding steroid dienone is 1. The average molecular weight is 562 g/mol. The third-order valence-corrected chi connectivity index (χ3v) is 8.08. The fourth-order valence-electron chi connectivity index (χ4n) is 3.63. The highest BCUT2D eigenvalue weighted by molar-refractivity contribution is 8.04. The SMILES string of the molecule is NC(=O)C[n+]1ccc(S/C=C/C2=C(C(=O)[O-])N3C(=O)[C@@H](NC(=O)/C(=N\O)c4cnc(N)s4)[C@H]3CS2)cc1.